The number of anilines is 2. The van der Waals surface area contributed by atoms with Crippen LogP contribution in [0.5, 0.6) is 0 Å². The second kappa shape index (κ2) is 7.06. The smallest absolute Gasteiger partial charge is 0.134 e. The normalized spacial score (nSPS) is 10.7. The summed E-state index contributed by atoms with van der Waals surface area (Å²) in [6.07, 6.45) is 4.77. The van der Waals surface area contributed by atoms with E-state index in [0.29, 0.717) is 0 Å². The maximum atomic E-state index is 4.62. The summed E-state index contributed by atoms with van der Waals surface area (Å²) in [6.45, 7) is 4.98. The van der Waals surface area contributed by atoms with Gasteiger partial charge in [0.25, 0.3) is 0 Å². The van der Waals surface area contributed by atoms with Crippen molar-refractivity contribution in [2.75, 3.05) is 24.2 Å². The Kier molecular flexibility index (Phi) is 5.14. The molecule has 2 heterocycles. The maximum Gasteiger partial charge on any atom is 0.134 e. The molecule has 0 radical (unpaired) electrons. The molecule has 2 aromatic rings. The fraction of sp³-hybridized carbons (Fsp3) is 0.533. The van der Waals surface area contributed by atoms with E-state index >= 15 is 0 Å². The molecular formula is C15H24N6. The summed E-state index contributed by atoms with van der Waals surface area (Å²) >= 11 is 0. The van der Waals surface area contributed by atoms with Crippen LogP contribution in [-0.2, 0) is 19.9 Å². The molecule has 0 aromatic carbocycles. The zero-order valence-electron chi connectivity index (χ0n) is 13.3. The van der Waals surface area contributed by atoms with E-state index in [1.54, 1.807) is 0 Å². The molecule has 0 aliphatic carbocycles. The third kappa shape index (κ3) is 3.93. The lowest BCUT2D eigenvalue weighted by Gasteiger charge is -2.13. The van der Waals surface area contributed by atoms with Gasteiger partial charge in [0.1, 0.15) is 17.5 Å². The molecule has 2 aromatic heterocycles. The van der Waals surface area contributed by atoms with Gasteiger partial charge in [-0.1, -0.05) is 6.92 Å². The van der Waals surface area contributed by atoms with Gasteiger partial charge in [-0.25, -0.2) is 9.97 Å². The monoisotopic (exact) mass is 288 g/mol. The summed E-state index contributed by atoms with van der Waals surface area (Å²) in [7, 11) is 3.82. The number of aryl methyl sites for hydroxylation is 2. The Morgan fingerprint density at radius 1 is 1.19 bits per heavy atom. The molecule has 2 rings (SSSR count). The van der Waals surface area contributed by atoms with Gasteiger partial charge < -0.3 is 10.6 Å². The Labute approximate surface area is 126 Å². The van der Waals surface area contributed by atoms with Gasteiger partial charge in [-0.05, 0) is 19.4 Å². The van der Waals surface area contributed by atoms with E-state index in [1.165, 1.54) is 0 Å². The van der Waals surface area contributed by atoms with E-state index in [0.717, 1.165) is 54.5 Å². The minimum absolute atomic E-state index is 0.809. The van der Waals surface area contributed by atoms with Gasteiger partial charge >= 0.3 is 0 Å². The van der Waals surface area contributed by atoms with Gasteiger partial charge in [0.2, 0.25) is 0 Å². The summed E-state index contributed by atoms with van der Waals surface area (Å²) in [5.74, 6) is 2.69. The molecule has 6 nitrogen and oxygen atoms in total. The molecule has 0 aliphatic heterocycles. The van der Waals surface area contributed by atoms with Crippen LogP contribution in [0.4, 0.5) is 11.6 Å². The van der Waals surface area contributed by atoms with Crippen LogP contribution >= 0.6 is 0 Å². The zero-order valence-corrected chi connectivity index (χ0v) is 13.3. The van der Waals surface area contributed by atoms with Crippen LogP contribution in [0.1, 0.15) is 30.4 Å². The van der Waals surface area contributed by atoms with Crippen molar-refractivity contribution in [3.05, 3.63) is 29.3 Å². The van der Waals surface area contributed by atoms with Gasteiger partial charge in [-0.15, -0.1) is 0 Å². The highest BCUT2D eigenvalue weighted by Gasteiger charge is 2.09. The molecule has 0 unspecified atom stereocenters. The third-order valence-corrected chi connectivity index (χ3v) is 3.34. The fourth-order valence-corrected chi connectivity index (χ4v) is 2.22. The van der Waals surface area contributed by atoms with Gasteiger partial charge in [0, 0.05) is 45.2 Å². The minimum atomic E-state index is 0.809. The predicted octanol–water partition coefficient (Wildman–Crippen LogP) is 2.17. The molecule has 0 saturated carbocycles. The summed E-state index contributed by atoms with van der Waals surface area (Å²) in [5, 5.41) is 10.9. The summed E-state index contributed by atoms with van der Waals surface area (Å²) in [4.78, 5) is 9.15. The lowest BCUT2D eigenvalue weighted by Crippen LogP contribution is -2.12. The lowest BCUT2D eigenvalue weighted by atomic mass is 10.2. The molecule has 0 atom stereocenters. The standard InChI is InChI=1S/C15H24N6/c1-5-6-13-18-14(16-3)11(2)15(19-13)17-9-7-12-8-10-21(4)20-12/h8,10H,5-7,9H2,1-4H3,(H2,16,17,18,19). The quantitative estimate of drug-likeness (QED) is 0.817. The highest BCUT2D eigenvalue weighted by molar-refractivity contribution is 5.57. The average molecular weight is 288 g/mol. The van der Waals surface area contributed by atoms with Gasteiger partial charge in [-0.2, -0.15) is 5.10 Å². The first-order valence-corrected chi connectivity index (χ1v) is 7.41. The summed E-state index contributed by atoms with van der Waals surface area (Å²) in [5.41, 5.74) is 2.14. The number of nitrogens with zero attached hydrogens (tertiary/aromatic N) is 4. The number of rotatable bonds is 7. The molecule has 6 heteroatoms. The van der Waals surface area contributed by atoms with Crippen molar-refractivity contribution in [3.8, 4) is 0 Å². The number of nitrogens with one attached hydrogen (secondary N) is 2. The molecule has 2 N–H and O–H groups in total. The van der Waals surface area contributed by atoms with Crippen molar-refractivity contribution in [2.24, 2.45) is 7.05 Å². The first-order valence-electron chi connectivity index (χ1n) is 7.41. The van der Waals surface area contributed by atoms with Crippen molar-refractivity contribution in [2.45, 2.75) is 33.1 Å². The topological polar surface area (TPSA) is 67.7 Å². The average Bonchev–Trinajstić information content (AvgIpc) is 2.88. The highest BCUT2D eigenvalue weighted by atomic mass is 15.2. The third-order valence-electron chi connectivity index (χ3n) is 3.34. The zero-order chi connectivity index (χ0) is 15.2. The van der Waals surface area contributed by atoms with E-state index in [9.17, 15) is 0 Å². The first kappa shape index (κ1) is 15.3. The van der Waals surface area contributed by atoms with E-state index in [2.05, 4.69) is 32.6 Å². The van der Waals surface area contributed by atoms with Crippen LogP contribution in [0.3, 0.4) is 0 Å². The largest absolute Gasteiger partial charge is 0.373 e. The fourth-order valence-electron chi connectivity index (χ4n) is 2.22. The van der Waals surface area contributed by atoms with Crippen LogP contribution < -0.4 is 10.6 Å². The number of aromatic nitrogens is 4. The lowest BCUT2D eigenvalue weighted by molar-refractivity contribution is 0.741. The van der Waals surface area contributed by atoms with Crippen LogP contribution in [0.25, 0.3) is 0 Å². The first-order chi connectivity index (χ1) is 10.1. The summed E-state index contributed by atoms with van der Waals surface area (Å²) < 4.78 is 1.82. The van der Waals surface area contributed by atoms with E-state index in [-0.39, 0.29) is 0 Å². The Morgan fingerprint density at radius 3 is 2.57 bits per heavy atom. The van der Waals surface area contributed by atoms with Crippen molar-refractivity contribution < 1.29 is 0 Å². The molecule has 0 fully saturated rings. The maximum absolute atomic E-state index is 4.62. The number of hydrogen-bond acceptors (Lipinski definition) is 5. The van der Waals surface area contributed by atoms with Crippen LogP contribution in [0, 0.1) is 6.92 Å². The molecule has 21 heavy (non-hydrogen) atoms. The van der Waals surface area contributed by atoms with Crippen LogP contribution in [0.2, 0.25) is 0 Å². The molecule has 0 bridgehead atoms. The predicted molar refractivity (Wildman–Crippen MR) is 85.7 cm³/mol. The van der Waals surface area contributed by atoms with Crippen LogP contribution in [-0.4, -0.2) is 33.3 Å². The van der Waals surface area contributed by atoms with E-state index < -0.39 is 0 Å². The SMILES string of the molecule is CCCc1nc(NC)c(C)c(NCCc2ccn(C)n2)n1. The second-order valence-corrected chi connectivity index (χ2v) is 5.12. The summed E-state index contributed by atoms with van der Waals surface area (Å²) in [6, 6.07) is 2.04. The molecular weight excluding hydrogens is 264 g/mol. The number of hydrogen-bond donors (Lipinski definition) is 2. The Balaban J connectivity index is 2.05. The Morgan fingerprint density at radius 2 is 1.95 bits per heavy atom. The Hall–Kier alpha value is -2.11. The second-order valence-electron chi connectivity index (χ2n) is 5.12. The molecule has 114 valence electrons. The van der Waals surface area contributed by atoms with Crippen molar-refractivity contribution in [3.63, 3.8) is 0 Å². The molecule has 0 saturated heterocycles. The van der Waals surface area contributed by atoms with Crippen LogP contribution in [0.15, 0.2) is 12.3 Å². The Bertz CT molecular complexity index is 590. The molecule has 0 amide bonds. The van der Waals surface area contributed by atoms with Gasteiger partial charge in [0.05, 0.1) is 5.69 Å². The highest BCUT2D eigenvalue weighted by Crippen LogP contribution is 2.20. The van der Waals surface area contributed by atoms with Crippen molar-refractivity contribution in [1.82, 2.24) is 19.7 Å². The van der Waals surface area contributed by atoms with Gasteiger partial charge in [-0.3, -0.25) is 4.68 Å². The van der Waals surface area contributed by atoms with E-state index in [4.69, 9.17) is 0 Å². The van der Waals surface area contributed by atoms with Gasteiger partial charge in [0.15, 0.2) is 0 Å². The minimum Gasteiger partial charge on any atom is -0.373 e. The van der Waals surface area contributed by atoms with E-state index in [1.807, 2.05) is 38.0 Å². The van der Waals surface area contributed by atoms with Crippen molar-refractivity contribution in [1.29, 1.82) is 0 Å². The van der Waals surface area contributed by atoms with Crippen molar-refractivity contribution >= 4 is 11.6 Å². The molecule has 0 aliphatic rings. The molecule has 0 spiro atoms.